The van der Waals surface area contributed by atoms with Gasteiger partial charge in [-0.3, -0.25) is 10.1 Å². The number of anilines is 2. The molecule has 0 saturated carbocycles. The van der Waals surface area contributed by atoms with Crippen LogP contribution in [0.5, 0.6) is 0 Å². The summed E-state index contributed by atoms with van der Waals surface area (Å²) in [7, 11) is -3.80. The molecular weight excluding hydrogens is 459 g/mol. The quantitative estimate of drug-likeness (QED) is 0.569. The van der Waals surface area contributed by atoms with E-state index in [9.17, 15) is 17.6 Å². The van der Waals surface area contributed by atoms with Gasteiger partial charge >= 0.3 is 0 Å². The molecule has 1 amide bonds. The predicted molar refractivity (Wildman–Crippen MR) is 128 cm³/mol. The highest BCUT2D eigenvalue weighted by Crippen LogP contribution is 2.35. The molecule has 1 fully saturated rings. The highest BCUT2D eigenvalue weighted by Gasteiger charge is 2.31. The second-order valence-corrected chi connectivity index (χ2v) is 10.1. The Bertz CT molecular complexity index is 1310. The van der Waals surface area contributed by atoms with Gasteiger partial charge in [-0.1, -0.05) is 36.3 Å². The number of hydrogen-bond donors (Lipinski definition) is 1. The van der Waals surface area contributed by atoms with Crippen LogP contribution in [0.2, 0.25) is 0 Å². The first-order valence-corrected chi connectivity index (χ1v) is 12.5. The van der Waals surface area contributed by atoms with Crippen molar-refractivity contribution >= 4 is 27.5 Å². The Morgan fingerprint density at radius 3 is 2.50 bits per heavy atom. The fraction of sp³-hybridized carbons (Fsp3) is 0.333. The van der Waals surface area contributed by atoms with E-state index < -0.39 is 10.0 Å². The lowest BCUT2D eigenvalue weighted by molar-refractivity contribution is -0.114. The number of benzene rings is 2. The van der Waals surface area contributed by atoms with E-state index in [-0.39, 0.29) is 35.6 Å². The Hall–Kier alpha value is -3.24. The fourth-order valence-electron chi connectivity index (χ4n) is 4.16. The van der Waals surface area contributed by atoms with Gasteiger partial charge in [-0.2, -0.15) is 4.31 Å². The van der Waals surface area contributed by atoms with Crippen LogP contribution in [0.25, 0.3) is 11.1 Å². The molecule has 1 aliphatic rings. The fourth-order valence-corrected chi connectivity index (χ4v) is 5.83. The van der Waals surface area contributed by atoms with Crippen molar-refractivity contribution in [3.05, 3.63) is 59.5 Å². The van der Waals surface area contributed by atoms with Crippen molar-refractivity contribution in [1.82, 2.24) is 9.46 Å². The van der Waals surface area contributed by atoms with E-state index in [1.165, 1.54) is 17.3 Å². The van der Waals surface area contributed by atoms with Crippen LogP contribution in [0.4, 0.5) is 16.0 Å². The molecule has 34 heavy (non-hydrogen) atoms. The molecule has 0 spiro atoms. The maximum atomic E-state index is 14.2. The molecule has 0 radical (unpaired) electrons. The summed E-state index contributed by atoms with van der Waals surface area (Å²) < 4.78 is 48.1. The van der Waals surface area contributed by atoms with E-state index in [1.807, 2.05) is 11.8 Å². The number of carbonyl (C=O) groups is 1. The van der Waals surface area contributed by atoms with Crippen molar-refractivity contribution in [2.45, 2.75) is 32.1 Å². The number of rotatable bonds is 6. The zero-order valence-corrected chi connectivity index (χ0v) is 20.2. The maximum Gasteiger partial charge on any atom is 0.243 e. The Kier molecular flexibility index (Phi) is 6.72. The molecule has 180 valence electrons. The summed E-state index contributed by atoms with van der Waals surface area (Å²) in [6.07, 6.45) is 0.548. The molecule has 1 aliphatic heterocycles. The van der Waals surface area contributed by atoms with E-state index in [0.717, 1.165) is 0 Å². The number of carbonyl (C=O) groups excluding carboxylic acids is 1. The molecular formula is C24H27FN4O4S. The van der Waals surface area contributed by atoms with Gasteiger partial charge in [0.2, 0.25) is 21.8 Å². The molecule has 1 N–H and O–H groups in total. The molecule has 2 aromatic carbocycles. The van der Waals surface area contributed by atoms with Gasteiger partial charge in [0.1, 0.15) is 5.82 Å². The summed E-state index contributed by atoms with van der Waals surface area (Å²) in [4.78, 5) is 13.6. The van der Waals surface area contributed by atoms with Gasteiger partial charge < -0.3 is 9.42 Å². The van der Waals surface area contributed by atoms with Crippen LogP contribution >= 0.6 is 0 Å². The number of nitrogens with zero attached hydrogens (tertiary/aromatic N) is 3. The number of nitrogens with one attached hydrogen (secondary N) is 1. The van der Waals surface area contributed by atoms with Crippen LogP contribution < -0.4 is 10.2 Å². The van der Waals surface area contributed by atoms with Gasteiger partial charge in [0.25, 0.3) is 0 Å². The first-order valence-electron chi connectivity index (χ1n) is 11.1. The Balaban J connectivity index is 1.63. The number of para-hydroxylation sites is 1. The van der Waals surface area contributed by atoms with E-state index in [0.29, 0.717) is 47.6 Å². The van der Waals surface area contributed by atoms with Gasteiger partial charge in [-0.05, 0) is 42.7 Å². The lowest BCUT2D eigenvalue weighted by Crippen LogP contribution is -2.49. The third kappa shape index (κ3) is 4.55. The Labute approximate surface area is 198 Å². The summed E-state index contributed by atoms with van der Waals surface area (Å²) >= 11 is 0. The normalized spacial score (nSPS) is 14.9. The summed E-state index contributed by atoms with van der Waals surface area (Å²) in [5.74, 6) is -0.444. The minimum atomic E-state index is -3.80. The third-order valence-corrected chi connectivity index (χ3v) is 7.95. The van der Waals surface area contributed by atoms with Crippen molar-refractivity contribution in [1.29, 1.82) is 0 Å². The van der Waals surface area contributed by atoms with Gasteiger partial charge in [0, 0.05) is 33.1 Å². The number of hydrogen-bond acceptors (Lipinski definition) is 6. The van der Waals surface area contributed by atoms with Crippen LogP contribution in [0.3, 0.4) is 0 Å². The van der Waals surface area contributed by atoms with E-state index in [4.69, 9.17) is 4.52 Å². The summed E-state index contributed by atoms with van der Waals surface area (Å²) in [5.41, 5.74) is 2.86. The first kappa shape index (κ1) is 23.9. The zero-order chi connectivity index (χ0) is 24.5. The molecule has 0 atom stereocenters. The smallest absolute Gasteiger partial charge is 0.243 e. The van der Waals surface area contributed by atoms with Crippen LogP contribution in [-0.2, 0) is 21.2 Å². The average Bonchev–Trinajstić information content (AvgIpc) is 3.21. The van der Waals surface area contributed by atoms with Crippen LogP contribution in [-0.4, -0.2) is 50.0 Å². The monoisotopic (exact) mass is 486 g/mol. The summed E-state index contributed by atoms with van der Waals surface area (Å²) in [6, 6.07) is 11.6. The second kappa shape index (κ2) is 9.55. The molecule has 1 aromatic heterocycles. The Morgan fingerprint density at radius 1 is 1.15 bits per heavy atom. The number of amides is 1. The summed E-state index contributed by atoms with van der Waals surface area (Å²) in [6.45, 7) is 6.27. The molecule has 0 bridgehead atoms. The van der Waals surface area contributed by atoms with Crippen molar-refractivity contribution in [3.8, 4) is 11.1 Å². The van der Waals surface area contributed by atoms with E-state index >= 15 is 0 Å². The third-order valence-electron chi connectivity index (χ3n) is 5.91. The zero-order valence-electron chi connectivity index (χ0n) is 19.3. The molecule has 0 unspecified atom stereocenters. The van der Waals surface area contributed by atoms with Gasteiger partial charge in [0.15, 0.2) is 0 Å². The number of sulfonamides is 1. The topological polar surface area (TPSA) is 95.8 Å². The second-order valence-electron chi connectivity index (χ2n) is 8.19. The molecule has 4 rings (SSSR count). The highest BCUT2D eigenvalue weighted by atomic mass is 32.2. The van der Waals surface area contributed by atoms with Crippen LogP contribution in [0.1, 0.15) is 25.1 Å². The van der Waals surface area contributed by atoms with Gasteiger partial charge in [-0.15, -0.1) is 0 Å². The number of aromatic nitrogens is 1. The molecule has 1 saturated heterocycles. The Morgan fingerprint density at radius 2 is 1.85 bits per heavy atom. The SMILES string of the molecule is CCc1noc(NC(C)=O)c1-c1ccc(C)c(S(=O)(=O)N2CCN(c3ccccc3F)CC2)c1. The van der Waals surface area contributed by atoms with Gasteiger partial charge in [-0.25, -0.2) is 12.8 Å². The van der Waals surface area contributed by atoms with Crippen molar-refractivity contribution in [2.75, 3.05) is 36.4 Å². The molecule has 2 heterocycles. The molecule has 8 nitrogen and oxygen atoms in total. The minimum absolute atomic E-state index is 0.182. The largest absolute Gasteiger partial charge is 0.367 e. The first-order chi connectivity index (χ1) is 16.2. The minimum Gasteiger partial charge on any atom is -0.367 e. The standard InChI is InChI=1S/C24H27FN4O4S/c1-4-20-23(24(33-27-20)26-17(3)30)18-10-9-16(2)22(15-18)34(31,32)29-13-11-28(12-14-29)21-8-6-5-7-19(21)25/h5-10,15H,4,11-14H2,1-3H3,(H,26,30). The molecule has 3 aromatic rings. The highest BCUT2D eigenvalue weighted by molar-refractivity contribution is 7.89. The lowest BCUT2D eigenvalue weighted by Gasteiger charge is -2.35. The van der Waals surface area contributed by atoms with Crippen molar-refractivity contribution in [2.24, 2.45) is 0 Å². The van der Waals surface area contributed by atoms with E-state index in [2.05, 4.69) is 10.5 Å². The average molecular weight is 487 g/mol. The predicted octanol–water partition coefficient (Wildman–Crippen LogP) is 3.82. The molecule has 10 heteroatoms. The maximum absolute atomic E-state index is 14.2. The lowest BCUT2D eigenvalue weighted by atomic mass is 10.0. The number of halogens is 1. The molecule has 0 aliphatic carbocycles. The van der Waals surface area contributed by atoms with Crippen LogP contribution in [0.15, 0.2) is 51.9 Å². The number of aryl methyl sites for hydroxylation is 2. The van der Waals surface area contributed by atoms with Crippen molar-refractivity contribution in [3.63, 3.8) is 0 Å². The van der Waals surface area contributed by atoms with Gasteiger partial charge in [0.05, 0.1) is 21.8 Å². The number of piperazine rings is 1. The van der Waals surface area contributed by atoms with E-state index in [1.54, 1.807) is 43.3 Å². The summed E-state index contributed by atoms with van der Waals surface area (Å²) in [5, 5.41) is 6.65. The van der Waals surface area contributed by atoms with Crippen molar-refractivity contribution < 1.29 is 22.1 Å². The van der Waals surface area contributed by atoms with Crippen LogP contribution in [0, 0.1) is 12.7 Å².